The summed E-state index contributed by atoms with van der Waals surface area (Å²) in [6, 6.07) is 7.86. The number of piperazine rings is 1. The van der Waals surface area contributed by atoms with Gasteiger partial charge in [0.25, 0.3) is 0 Å². The average Bonchev–Trinajstić information content (AvgIpc) is 3.43. The van der Waals surface area contributed by atoms with Gasteiger partial charge in [0.05, 0.1) is 0 Å². The van der Waals surface area contributed by atoms with E-state index in [1.165, 1.54) is 12.8 Å². The number of carbonyl (C=O) groups is 1. The highest BCUT2D eigenvalue weighted by Gasteiger charge is 2.22. The Labute approximate surface area is 147 Å². The first-order valence-electron chi connectivity index (χ1n) is 8.44. The molecular weight excluding hydrogens is 326 g/mol. The standard InChI is InChI=1S/C17H24ClN5O/c18-14-3-5-15(6-4-14)22-7-9-23(10-8-22)17(19)21-12-16(24)20-11-13-1-2-13/h3-6,13H,1-2,7-12H2,(H2,19,21)(H,20,24). The first-order chi connectivity index (χ1) is 11.6. The van der Waals surface area contributed by atoms with Crippen molar-refractivity contribution in [2.45, 2.75) is 12.8 Å². The van der Waals surface area contributed by atoms with Crippen molar-refractivity contribution in [2.75, 3.05) is 44.2 Å². The van der Waals surface area contributed by atoms with Crippen molar-refractivity contribution in [1.82, 2.24) is 10.2 Å². The molecule has 1 heterocycles. The van der Waals surface area contributed by atoms with E-state index >= 15 is 0 Å². The molecule has 0 unspecified atom stereocenters. The maximum absolute atomic E-state index is 11.7. The van der Waals surface area contributed by atoms with E-state index < -0.39 is 0 Å². The number of amides is 1. The largest absolute Gasteiger partial charge is 0.370 e. The van der Waals surface area contributed by atoms with Gasteiger partial charge in [0, 0.05) is 43.4 Å². The average molecular weight is 350 g/mol. The molecular formula is C17H24ClN5O. The minimum atomic E-state index is -0.0512. The predicted octanol–water partition coefficient (Wildman–Crippen LogP) is 1.30. The van der Waals surface area contributed by atoms with E-state index in [4.69, 9.17) is 17.3 Å². The van der Waals surface area contributed by atoms with Gasteiger partial charge in [-0.2, -0.15) is 0 Å². The Bertz CT molecular complexity index is 592. The van der Waals surface area contributed by atoms with Gasteiger partial charge in [-0.15, -0.1) is 0 Å². The molecule has 6 nitrogen and oxygen atoms in total. The molecule has 1 saturated heterocycles. The zero-order valence-corrected chi connectivity index (χ0v) is 14.5. The van der Waals surface area contributed by atoms with Crippen molar-refractivity contribution in [1.29, 1.82) is 0 Å². The third-order valence-corrected chi connectivity index (χ3v) is 4.72. The first-order valence-corrected chi connectivity index (χ1v) is 8.81. The van der Waals surface area contributed by atoms with Gasteiger partial charge in [-0.3, -0.25) is 4.79 Å². The molecule has 130 valence electrons. The molecule has 24 heavy (non-hydrogen) atoms. The van der Waals surface area contributed by atoms with Crippen LogP contribution in [0.15, 0.2) is 29.3 Å². The zero-order valence-electron chi connectivity index (χ0n) is 13.7. The van der Waals surface area contributed by atoms with E-state index in [0.717, 1.165) is 43.4 Å². The highest BCUT2D eigenvalue weighted by atomic mass is 35.5. The number of nitrogens with two attached hydrogens (primary N) is 1. The second kappa shape index (κ2) is 7.75. The quantitative estimate of drug-likeness (QED) is 0.621. The highest BCUT2D eigenvalue weighted by Crippen LogP contribution is 2.27. The first kappa shape index (κ1) is 16.9. The number of halogens is 1. The van der Waals surface area contributed by atoms with E-state index in [9.17, 15) is 4.79 Å². The topological polar surface area (TPSA) is 74.0 Å². The van der Waals surface area contributed by atoms with Gasteiger partial charge in [0.2, 0.25) is 5.91 Å². The predicted molar refractivity (Wildman–Crippen MR) is 97.5 cm³/mol. The van der Waals surface area contributed by atoms with E-state index in [-0.39, 0.29) is 12.5 Å². The van der Waals surface area contributed by atoms with Crippen molar-refractivity contribution >= 4 is 29.2 Å². The molecule has 1 saturated carbocycles. The van der Waals surface area contributed by atoms with E-state index in [2.05, 4.69) is 15.2 Å². The lowest BCUT2D eigenvalue weighted by molar-refractivity contribution is -0.119. The third-order valence-electron chi connectivity index (χ3n) is 4.46. The lowest BCUT2D eigenvalue weighted by Crippen LogP contribution is -2.51. The lowest BCUT2D eigenvalue weighted by Gasteiger charge is -2.36. The number of guanidine groups is 1. The number of benzene rings is 1. The summed E-state index contributed by atoms with van der Waals surface area (Å²) in [7, 11) is 0. The second-order valence-electron chi connectivity index (χ2n) is 6.37. The minimum absolute atomic E-state index is 0.0512. The molecule has 0 bridgehead atoms. The highest BCUT2D eigenvalue weighted by molar-refractivity contribution is 6.30. The van der Waals surface area contributed by atoms with Gasteiger partial charge < -0.3 is 20.9 Å². The number of nitrogens with one attached hydrogen (secondary N) is 1. The van der Waals surface area contributed by atoms with Gasteiger partial charge in [-0.25, -0.2) is 4.99 Å². The van der Waals surface area contributed by atoms with Crippen LogP contribution in [-0.2, 0) is 4.79 Å². The van der Waals surface area contributed by atoms with E-state index in [0.29, 0.717) is 11.9 Å². The van der Waals surface area contributed by atoms with Crippen LogP contribution in [0, 0.1) is 5.92 Å². The molecule has 1 aromatic rings. The summed E-state index contributed by atoms with van der Waals surface area (Å²) < 4.78 is 0. The molecule has 1 aromatic carbocycles. The van der Waals surface area contributed by atoms with Gasteiger partial charge in [0.1, 0.15) is 6.54 Å². The fraction of sp³-hybridized carbons (Fsp3) is 0.529. The van der Waals surface area contributed by atoms with Crippen LogP contribution in [0.4, 0.5) is 5.69 Å². The number of nitrogens with zero attached hydrogens (tertiary/aromatic N) is 3. The molecule has 1 aliphatic heterocycles. The molecule has 2 aliphatic rings. The fourth-order valence-electron chi connectivity index (χ4n) is 2.73. The number of hydrogen-bond acceptors (Lipinski definition) is 3. The number of carbonyl (C=O) groups excluding carboxylic acids is 1. The van der Waals surface area contributed by atoms with Crippen LogP contribution in [-0.4, -0.2) is 56.0 Å². The maximum atomic E-state index is 11.7. The molecule has 1 aliphatic carbocycles. The Balaban J connectivity index is 1.43. The number of rotatable bonds is 5. The second-order valence-corrected chi connectivity index (χ2v) is 6.81. The lowest BCUT2D eigenvalue weighted by atomic mass is 10.2. The summed E-state index contributed by atoms with van der Waals surface area (Å²) in [6.07, 6.45) is 2.45. The molecule has 3 N–H and O–H groups in total. The molecule has 7 heteroatoms. The fourth-order valence-corrected chi connectivity index (χ4v) is 2.86. The smallest absolute Gasteiger partial charge is 0.241 e. The van der Waals surface area contributed by atoms with E-state index in [1.54, 1.807) is 0 Å². The Morgan fingerprint density at radius 2 is 1.88 bits per heavy atom. The van der Waals surface area contributed by atoms with Crippen molar-refractivity contribution < 1.29 is 4.79 Å². The van der Waals surface area contributed by atoms with Crippen LogP contribution in [0.25, 0.3) is 0 Å². The van der Waals surface area contributed by atoms with Crippen molar-refractivity contribution in [2.24, 2.45) is 16.6 Å². The Hall–Kier alpha value is -1.95. The molecule has 0 atom stereocenters. The van der Waals surface area contributed by atoms with Gasteiger partial charge in [-0.05, 0) is 43.0 Å². The minimum Gasteiger partial charge on any atom is -0.370 e. The summed E-state index contributed by atoms with van der Waals surface area (Å²) in [4.78, 5) is 20.3. The SMILES string of the molecule is NC(=NCC(=O)NCC1CC1)N1CCN(c2ccc(Cl)cc2)CC1. The van der Waals surface area contributed by atoms with Gasteiger partial charge in [0.15, 0.2) is 5.96 Å². The third kappa shape index (κ3) is 4.77. The van der Waals surface area contributed by atoms with Crippen LogP contribution in [0.1, 0.15) is 12.8 Å². The van der Waals surface area contributed by atoms with Gasteiger partial charge in [-0.1, -0.05) is 11.6 Å². The normalized spacial score (nSPS) is 18.6. The maximum Gasteiger partial charge on any atom is 0.241 e. The summed E-state index contributed by atoms with van der Waals surface area (Å²) in [5.74, 6) is 1.08. The summed E-state index contributed by atoms with van der Waals surface area (Å²) in [5.41, 5.74) is 7.19. The molecule has 1 amide bonds. The number of hydrogen-bond donors (Lipinski definition) is 2. The summed E-state index contributed by atoms with van der Waals surface area (Å²) >= 11 is 5.93. The zero-order chi connectivity index (χ0) is 16.9. The number of anilines is 1. The molecule has 3 rings (SSSR count). The summed E-state index contributed by atoms with van der Waals surface area (Å²) in [6.45, 7) is 4.20. The van der Waals surface area contributed by atoms with E-state index in [1.807, 2.05) is 29.2 Å². The molecule has 0 spiro atoms. The monoisotopic (exact) mass is 349 g/mol. The van der Waals surface area contributed by atoms with Crippen molar-refractivity contribution in [3.8, 4) is 0 Å². The van der Waals surface area contributed by atoms with Crippen LogP contribution in [0.5, 0.6) is 0 Å². The summed E-state index contributed by atoms with van der Waals surface area (Å²) in [5, 5.41) is 3.64. The molecule has 0 radical (unpaired) electrons. The van der Waals surface area contributed by atoms with Crippen LogP contribution in [0.2, 0.25) is 5.02 Å². The Morgan fingerprint density at radius 3 is 2.50 bits per heavy atom. The number of aliphatic imine (C=N–C) groups is 1. The van der Waals surface area contributed by atoms with Crippen LogP contribution < -0.4 is 16.0 Å². The van der Waals surface area contributed by atoms with Crippen molar-refractivity contribution in [3.63, 3.8) is 0 Å². The van der Waals surface area contributed by atoms with Crippen LogP contribution in [0.3, 0.4) is 0 Å². The Morgan fingerprint density at radius 1 is 1.21 bits per heavy atom. The Kier molecular flexibility index (Phi) is 5.45. The molecule has 0 aromatic heterocycles. The molecule has 2 fully saturated rings. The van der Waals surface area contributed by atoms with Crippen molar-refractivity contribution in [3.05, 3.63) is 29.3 Å². The van der Waals surface area contributed by atoms with Gasteiger partial charge >= 0.3 is 0 Å². The van der Waals surface area contributed by atoms with Crippen LogP contribution >= 0.6 is 11.6 Å².